The summed E-state index contributed by atoms with van der Waals surface area (Å²) in [5.41, 5.74) is 0.714. The van der Waals surface area contributed by atoms with Crippen LogP contribution in [0.3, 0.4) is 0 Å². The quantitative estimate of drug-likeness (QED) is 0.302. The van der Waals surface area contributed by atoms with Crippen LogP contribution in [-0.4, -0.2) is 16.8 Å². The highest BCUT2D eigenvalue weighted by molar-refractivity contribution is 7.38. The molecule has 0 aromatic carbocycles. The molecule has 5 heteroatoms. The summed E-state index contributed by atoms with van der Waals surface area (Å²) >= 11 is 0. The van der Waals surface area contributed by atoms with Gasteiger partial charge in [-0.1, -0.05) is 12.2 Å². The molecule has 2 unspecified atom stereocenters. The molecule has 4 nitrogen and oxygen atoms in total. The van der Waals surface area contributed by atoms with Gasteiger partial charge in [-0.15, -0.1) is 4.99 Å². The largest absolute Gasteiger partial charge is 0.533 e. The van der Waals surface area contributed by atoms with E-state index in [-0.39, 0.29) is 6.42 Å². The minimum atomic E-state index is -2.44. The molecular formula is C6H9NO3P+. The molecule has 0 rings (SSSR count). The molecule has 2 atom stereocenters. The van der Waals surface area contributed by atoms with Crippen LogP contribution in [0.2, 0.25) is 0 Å². The Morgan fingerprint density at radius 1 is 1.91 bits per heavy atom. The molecule has 0 fully saturated rings. The Morgan fingerprint density at radius 3 is 2.73 bits per heavy atom. The summed E-state index contributed by atoms with van der Waals surface area (Å²) in [6.45, 7) is 5.23. The van der Waals surface area contributed by atoms with Gasteiger partial charge < -0.3 is 0 Å². The Labute approximate surface area is 65.5 Å². The summed E-state index contributed by atoms with van der Waals surface area (Å²) in [5, 5.41) is 0. The van der Waals surface area contributed by atoms with Crippen LogP contribution in [0.5, 0.6) is 0 Å². The second kappa shape index (κ2) is 4.91. The van der Waals surface area contributed by atoms with E-state index in [2.05, 4.69) is 11.6 Å². The molecule has 0 aliphatic carbocycles. The topological polar surface area (TPSA) is 66.7 Å². The first-order chi connectivity index (χ1) is 5.07. The fourth-order valence-corrected chi connectivity index (χ4v) is 1.16. The predicted molar refractivity (Wildman–Crippen MR) is 41.2 cm³/mol. The average Bonchev–Trinajstić information content (AvgIpc) is 1.86. The monoisotopic (exact) mass is 174 g/mol. The average molecular weight is 174 g/mol. The Kier molecular flexibility index (Phi) is 4.55. The summed E-state index contributed by atoms with van der Waals surface area (Å²) in [5.74, 6) is -0.875. The van der Waals surface area contributed by atoms with E-state index in [4.69, 9.17) is 4.89 Å². The van der Waals surface area contributed by atoms with Crippen LogP contribution in [0.15, 0.2) is 17.1 Å². The molecule has 0 spiro atoms. The van der Waals surface area contributed by atoms with Gasteiger partial charge in [-0.3, -0.25) is 0 Å². The third kappa shape index (κ3) is 4.57. The standard InChI is InChI=1S/C6H8NO3P/c1-5(2)3-6(7-4-8)11(9)10/h6H,1,3H2,2H3/p+1. The lowest BCUT2D eigenvalue weighted by atomic mass is 10.2. The van der Waals surface area contributed by atoms with Crippen molar-refractivity contribution in [2.45, 2.75) is 19.1 Å². The Balaban J connectivity index is 4.22. The molecule has 0 aliphatic heterocycles. The van der Waals surface area contributed by atoms with Gasteiger partial charge in [-0.05, 0) is 11.5 Å². The minimum absolute atomic E-state index is 0.251. The highest BCUT2D eigenvalue weighted by Crippen LogP contribution is 2.27. The van der Waals surface area contributed by atoms with Gasteiger partial charge in [-0.2, -0.15) is 4.89 Å². The number of aliphatic imine (C=N–C) groups is 1. The van der Waals surface area contributed by atoms with Crippen molar-refractivity contribution < 1.29 is 14.3 Å². The molecule has 0 saturated heterocycles. The lowest BCUT2D eigenvalue weighted by molar-refractivity contribution is 0.487. The van der Waals surface area contributed by atoms with Crippen LogP contribution >= 0.6 is 8.03 Å². The van der Waals surface area contributed by atoms with Crippen LogP contribution in [0.4, 0.5) is 0 Å². The fraction of sp³-hybridized carbons (Fsp3) is 0.500. The second-order valence-electron chi connectivity index (χ2n) is 2.16. The first-order valence-electron chi connectivity index (χ1n) is 2.94. The van der Waals surface area contributed by atoms with Crippen LogP contribution in [0, 0.1) is 0 Å². The molecule has 0 amide bonds. The van der Waals surface area contributed by atoms with Crippen molar-refractivity contribution in [2.24, 2.45) is 4.99 Å². The van der Waals surface area contributed by atoms with Gasteiger partial charge in [0.25, 0.3) is 5.78 Å². The van der Waals surface area contributed by atoms with Crippen LogP contribution in [0.25, 0.3) is 0 Å². The zero-order chi connectivity index (χ0) is 8.85. The molecule has 0 aliphatic rings. The van der Waals surface area contributed by atoms with E-state index in [1.54, 1.807) is 6.92 Å². The van der Waals surface area contributed by atoms with Crippen molar-refractivity contribution in [1.82, 2.24) is 0 Å². The van der Waals surface area contributed by atoms with Crippen molar-refractivity contribution in [2.75, 3.05) is 0 Å². The SMILES string of the molecule is C=C(C)CC(N=C=O)[P+](=O)O. The maximum Gasteiger partial charge on any atom is 0.533 e. The molecule has 0 bridgehead atoms. The zero-order valence-corrected chi connectivity index (χ0v) is 7.04. The molecule has 60 valence electrons. The Morgan fingerprint density at radius 2 is 2.45 bits per heavy atom. The van der Waals surface area contributed by atoms with Crippen molar-refractivity contribution in [3.8, 4) is 0 Å². The van der Waals surface area contributed by atoms with Crippen LogP contribution < -0.4 is 0 Å². The van der Waals surface area contributed by atoms with E-state index in [1.165, 1.54) is 6.08 Å². The Hall–Kier alpha value is -0.820. The number of hydrogen-bond donors (Lipinski definition) is 1. The third-order valence-electron chi connectivity index (χ3n) is 0.988. The summed E-state index contributed by atoms with van der Waals surface area (Å²) in [7, 11) is -2.44. The van der Waals surface area contributed by atoms with Gasteiger partial charge in [0.2, 0.25) is 6.08 Å². The van der Waals surface area contributed by atoms with Gasteiger partial charge in [0, 0.05) is 6.42 Å². The molecule has 0 aromatic rings. The highest BCUT2D eigenvalue weighted by atomic mass is 31.1. The third-order valence-corrected chi connectivity index (χ3v) is 1.80. The van der Waals surface area contributed by atoms with Gasteiger partial charge >= 0.3 is 8.03 Å². The zero-order valence-electron chi connectivity index (χ0n) is 6.15. The van der Waals surface area contributed by atoms with E-state index in [9.17, 15) is 9.36 Å². The molecule has 1 N–H and O–H groups in total. The van der Waals surface area contributed by atoms with Gasteiger partial charge in [0.05, 0.1) is 0 Å². The van der Waals surface area contributed by atoms with Crippen molar-refractivity contribution in [3.63, 3.8) is 0 Å². The van der Waals surface area contributed by atoms with E-state index in [0.29, 0.717) is 5.57 Å². The van der Waals surface area contributed by atoms with E-state index in [0.717, 1.165) is 0 Å². The number of rotatable bonds is 4. The van der Waals surface area contributed by atoms with E-state index >= 15 is 0 Å². The fourth-order valence-electron chi connectivity index (χ4n) is 0.546. The van der Waals surface area contributed by atoms with Crippen LogP contribution in [0.1, 0.15) is 13.3 Å². The first-order valence-corrected chi connectivity index (χ1v) is 4.22. The summed E-state index contributed by atoms with van der Waals surface area (Å²) < 4.78 is 10.5. The number of carbonyl (C=O) groups excluding carboxylic acids is 1. The van der Waals surface area contributed by atoms with Gasteiger partial charge in [-0.25, -0.2) is 4.79 Å². The molecule has 0 radical (unpaired) electrons. The second-order valence-corrected chi connectivity index (χ2v) is 3.37. The highest BCUT2D eigenvalue weighted by Gasteiger charge is 2.27. The predicted octanol–water partition coefficient (Wildman–Crippen LogP) is 1.35. The summed E-state index contributed by atoms with van der Waals surface area (Å²) in [6.07, 6.45) is 1.50. The molecule has 0 saturated carbocycles. The maximum absolute atomic E-state index is 10.5. The van der Waals surface area contributed by atoms with Crippen molar-refractivity contribution in [1.29, 1.82) is 0 Å². The van der Waals surface area contributed by atoms with Gasteiger partial charge in [0.15, 0.2) is 0 Å². The van der Waals surface area contributed by atoms with Crippen LogP contribution in [-0.2, 0) is 9.36 Å². The maximum atomic E-state index is 10.5. The summed E-state index contributed by atoms with van der Waals surface area (Å²) in [4.78, 5) is 21.5. The lowest BCUT2D eigenvalue weighted by Gasteiger charge is -1.94. The molecular weight excluding hydrogens is 165 g/mol. The Bertz CT molecular complexity index is 218. The van der Waals surface area contributed by atoms with Gasteiger partial charge in [0.1, 0.15) is 0 Å². The molecule has 0 aromatic heterocycles. The van der Waals surface area contributed by atoms with E-state index in [1.807, 2.05) is 0 Å². The molecule has 0 heterocycles. The number of hydrogen-bond acceptors (Lipinski definition) is 3. The minimum Gasteiger partial charge on any atom is -0.211 e. The van der Waals surface area contributed by atoms with E-state index < -0.39 is 13.8 Å². The molecule has 11 heavy (non-hydrogen) atoms. The van der Waals surface area contributed by atoms with Crippen molar-refractivity contribution in [3.05, 3.63) is 12.2 Å². The number of isocyanates is 1. The first kappa shape index (κ1) is 10.2. The van der Waals surface area contributed by atoms with Crippen molar-refractivity contribution >= 4 is 14.1 Å². The number of nitrogens with zero attached hydrogens (tertiary/aromatic N) is 1. The normalized spacial score (nSPS) is 13.1. The lowest BCUT2D eigenvalue weighted by Crippen LogP contribution is -1.97. The summed E-state index contributed by atoms with van der Waals surface area (Å²) in [6, 6.07) is 0. The smallest absolute Gasteiger partial charge is 0.211 e.